The van der Waals surface area contributed by atoms with Gasteiger partial charge in [-0.2, -0.15) is 13.2 Å². The van der Waals surface area contributed by atoms with E-state index in [1.165, 1.54) is 18.3 Å². The summed E-state index contributed by atoms with van der Waals surface area (Å²) < 4.78 is 60.0. The van der Waals surface area contributed by atoms with Gasteiger partial charge in [0.05, 0.1) is 35.9 Å². The molecule has 1 aromatic heterocycles. The van der Waals surface area contributed by atoms with Crippen LogP contribution in [-0.4, -0.2) is 48.9 Å². The molecular formula is C23H29F3N4O3S. The van der Waals surface area contributed by atoms with E-state index < -0.39 is 22.7 Å². The lowest BCUT2D eigenvalue weighted by Crippen LogP contribution is -2.36. The molecule has 1 unspecified atom stereocenters. The van der Waals surface area contributed by atoms with Gasteiger partial charge in [0, 0.05) is 39.0 Å². The Kier molecular flexibility index (Phi) is 7.44. The Labute approximate surface area is 199 Å². The van der Waals surface area contributed by atoms with E-state index >= 15 is 0 Å². The second-order valence-electron chi connectivity index (χ2n) is 8.82. The fourth-order valence-corrected chi connectivity index (χ4v) is 5.28. The number of piperidine rings is 1. The number of alkyl halides is 3. The van der Waals surface area contributed by atoms with E-state index in [-0.39, 0.29) is 11.3 Å². The zero-order valence-electron chi connectivity index (χ0n) is 19.3. The molecule has 1 atom stereocenters. The first-order valence-electron chi connectivity index (χ1n) is 11.4. The van der Waals surface area contributed by atoms with Crippen molar-refractivity contribution in [1.82, 2.24) is 18.8 Å². The monoisotopic (exact) mass is 498 g/mol. The van der Waals surface area contributed by atoms with Crippen LogP contribution in [0, 0.1) is 5.92 Å². The van der Waals surface area contributed by atoms with Gasteiger partial charge < -0.3 is 4.74 Å². The molecule has 11 heteroatoms. The van der Waals surface area contributed by atoms with Crippen molar-refractivity contribution in [3.63, 3.8) is 0 Å². The van der Waals surface area contributed by atoms with E-state index in [9.17, 15) is 22.2 Å². The molecule has 0 spiro atoms. The summed E-state index contributed by atoms with van der Waals surface area (Å²) in [6.07, 6.45) is 0.481. The molecule has 2 aromatic rings. The average Bonchev–Trinajstić information content (AvgIpc) is 3.20. The van der Waals surface area contributed by atoms with E-state index in [4.69, 9.17) is 4.74 Å². The van der Waals surface area contributed by atoms with E-state index in [1.54, 1.807) is 10.8 Å². The third-order valence-corrected chi connectivity index (χ3v) is 7.61. The van der Waals surface area contributed by atoms with Crippen molar-refractivity contribution >= 4 is 11.0 Å². The predicted octanol–water partition coefficient (Wildman–Crippen LogP) is 3.18. The Morgan fingerprint density at radius 1 is 1.18 bits per heavy atom. The molecule has 2 aliphatic rings. The van der Waals surface area contributed by atoms with Crippen LogP contribution >= 0.6 is 0 Å². The van der Waals surface area contributed by atoms with Crippen LogP contribution in [0.5, 0.6) is 5.75 Å². The van der Waals surface area contributed by atoms with Crippen molar-refractivity contribution < 1.29 is 22.1 Å². The molecule has 0 saturated carbocycles. The molecular weight excluding hydrogens is 469 g/mol. The van der Waals surface area contributed by atoms with Gasteiger partial charge >= 0.3 is 6.18 Å². The lowest BCUT2D eigenvalue weighted by Gasteiger charge is -2.29. The smallest absolute Gasteiger partial charge is 0.416 e. The molecule has 3 heterocycles. The van der Waals surface area contributed by atoms with Crippen molar-refractivity contribution in [3.05, 3.63) is 57.3 Å². The maximum atomic E-state index is 13.0. The minimum Gasteiger partial charge on any atom is -0.486 e. The SMILES string of the molecule is CCn1c(CN2Cc3ccc(C(F)(F)F)cc3C2)ncc(OCC2CCN(S(C)=O)CC2)c1=O. The summed E-state index contributed by atoms with van der Waals surface area (Å²) in [7, 11) is -0.963. The fraction of sp³-hybridized carbons (Fsp3) is 0.565. The minimum absolute atomic E-state index is 0.201. The number of benzene rings is 1. The number of nitrogens with zero attached hydrogens (tertiary/aromatic N) is 4. The molecule has 34 heavy (non-hydrogen) atoms. The Bertz CT molecular complexity index is 1110. The molecule has 1 aromatic carbocycles. The number of halogens is 3. The van der Waals surface area contributed by atoms with Gasteiger partial charge in [0.1, 0.15) is 5.82 Å². The standard InChI is InChI=1S/C23H29F3N4O3S/c1-3-30-21(14-28-12-17-4-5-19(23(24,25)26)10-18(17)13-28)27-11-20(22(30)31)33-15-16-6-8-29(9-7-16)34(2)32/h4-5,10-11,16H,3,6-9,12-15H2,1-2H3. The number of fused-ring (bicyclic) bond motifs is 1. The van der Waals surface area contributed by atoms with Crippen molar-refractivity contribution in [2.75, 3.05) is 26.0 Å². The lowest BCUT2D eigenvalue weighted by molar-refractivity contribution is -0.137. The quantitative estimate of drug-likeness (QED) is 0.587. The molecule has 2 aliphatic heterocycles. The Hall–Kier alpha value is -2.24. The topological polar surface area (TPSA) is 67.7 Å². The molecule has 1 saturated heterocycles. The molecule has 0 bridgehead atoms. The van der Waals surface area contributed by atoms with Crippen LogP contribution in [-0.2, 0) is 43.3 Å². The highest BCUT2D eigenvalue weighted by atomic mass is 32.2. The zero-order chi connectivity index (χ0) is 24.5. The Morgan fingerprint density at radius 2 is 1.88 bits per heavy atom. The van der Waals surface area contributed by atoms with Gasteiger partial charge in [0.25, 0.3) is 5.56 Å². The van der Waals surface area contributed by atoms with Gasteiger partial charge in [-0.15, -0.1) is 0 Å². The highest BCUT2D eigenvalue weighted by Gasteiger charge is 2.32. The van der Waals surface area contributed by atoms with Crippen molar-refractivity contribution in [2.24, 2.45) is 5.92 Å². The third kappa shape index (κ3) is 5.52. The van der Waals surface area contributed by atoms with Crippen LogP contribution in [0.2, 0.25) is 0 Å². The Balaban J connectivity index is 1.39. The van der Waals surface area contributed by atoms with E-state index in [2.05, 4.69) is 4.98 Å². The summed E-state index contributed by atoms with van der Waals surface area (Å²) in [5, 5.41) is 0. The van der Waals surface area contributed by atoms with Gasteiger partial charge in [-0.3, -0.25) is 14.3 Å². The van der Waals surface area contributed by atoms with E-state index in [0.717, 1.165) is 37.6 Å². The highest BCUT2D eigenvalue weighted by molar-refractivity contribution is 7.81. The summed E-state index contributed by atoms with van der Waals surface area (Å²) in [5.74, 6) is 1.05. The minimum atomic E-state index is -4.37. The molecule has 0 aliphatic carbocycles. The number of rotatable bonds is 7. The van der Waals surface area contributed by atoms with E-state index in [1.807, 2.05) is 16.1 Å². The van der Waals surface area contributed by atoms with Crippen LogP contribution in [0.15, 0.2) is 29.2 Å². The number of hydrogen-bond acceptors (Lipinski definition) is 5. The normalized spacial score (nSPS) is 18.7. The van der Waals surface area contributed by atoms with Gasteiger partial charge in [0.15, 0.2) is 0 Å². The summed E-state index contributed by atoms with van der Waals surface area (Å²) >= 11 is 0. The highest BCUT2D eigenvalue weighted by Crippen LogP contribution is 2.33. The van der Waals surface area contributed by atoms with Crippen LogP contribution in [0.4, 0.5) is 13.2 Å². The summed E-state index contributed by atoms with van der Waals surface area (Å²) in [5.41, 5.74) is 0.608. The number of ether oxygens (including phenoxy) is 1. The second-order valence-corrected chi connectivity index (χ2v) is 10.2. The van der Waals surface area contributed by atoms with Crippen LogP contribution < -0.4 is 10.3 Å². The molecule has 0 N–H and O–H groups in total. The van der Waals surface area contributed by atoms with Crippen LogP contribution in [0.25, 0.3) is 0 Å². The largest absolute Gasteiger partial charge is 0.486 e. The zero-order valence-corrected chi connectivity index (χ0v) is 20.1. The molecule has 0 radical (unpaired) electrons. The first-order chi connectivity index (χ1) is 16.2. The first-order valence-corrected chi connectivity index (χ1v) is 12.9. The molecule has 186 valence electrons. The van der Waals surface area contributed by atoms with Gasteiger partial charge in [-0.1, -0.05) is 6.07 Å². The maximum Gasteiger partial charge on any atom is 0.416 e. The molecule has 4 rings (SSSR count). The van der Waals surface area contributed by atoms with Crippen molar-refractivity contribution in [3.8, 4) is 5.75 Å². The first kappa shape index (κ1) is 24.9. The number of hydrogen-bond donors (Lipinski definition) is 0. The second kappa shape index (κ2) is 10.2. The molecule has 7 nitrogen and oxygen atoms in total. The maximum absolute atomic E-state index is 13.0. The van der Waals surface area contributed by atoms with Gasteiger partial charge in [-0.05, 0) is 48.9 Å². The average molecular weight is 499 g/mol. The van der Waals surface area contributed by atoms with Gasteiger partial charge in [0.2, 0.25) is 5.75 Å². The van der Waals surface area contributed by atoms with Crippen molar-refractivity contribution in [2.45, 2.75) is 52.1 Å². The molecule has 0 amide bonds. The lowest BCUT2D eigenvalue weighted by atomic mass is 9.99. The summed E-state index contributed by atoms with van der Waals surface area (Å²) in [4.78, 5) is 19.4. The Morgan fingerprint density at radius 3 is 2.53 bits per heavy atom. The third-order valence-electron chi connectivity index (χ3n) is 6.51. The number of aromatic nitrogens is 2. The summed E-state index contributed by atoms with van der Waals surface area (Å²) in [6, 6.07) is 3.84. The molecule has 1 fully saturated rings. The van der Waals surface area contributed by atoms with Gasteiger partial charge in [-0.25, -0.2) is 13.5 Å². The van der Waals surface area contributed by atoms with Crippen molar-refractivity contribution in [1.29, 1.82) is 0 Å². The van der Waals surface area contributed by atoms with E-state index in [0.29, 0.717) is 50.1 Å². The summed E-state index contributed by atoms with van der Waals surface area (Å²) in [6.45, 7) is 5.40. The predicted molar refractivity (Wildman–Crippen MR) is 122 cm³/mol. The fourth-order valence-electron chi connectivity index (χ4n) is 4.55. The van der Waals surface area contributed by atoms with Crippen LogP contribution in [0.1, 0.15) is 42.3 Å². The van der Waals surface area contributed by atoms with Crippen LogP contribution in [0.3, 0.4) is 0 Å².